The Hall–Kier alpha value is -2.29. The first-order valence-electron chi connectivity index (χ1n) is 6.65. The smallest absolute Gasteiger partial charge is 0.337 e. The van der Waals surface area contributed by atoms with Crippen molar-refractivity contribution in [2.45, 2.75) is 26.8 Å². The molecule has 20 heavy (non-hydrogen) atoms. The minimum Gasteiger partial charge on any atom is -0.478 e. The lowest BCUT2D eigenvalue weighted by Crippen LogP contribution is -2.12. The zero-order valence-electron chi connectivity index (χ0n) is 12.0. The monoisotopic (exact) mass is 269 g/mol. The Kier molecular flexibility index (Phi) is 4.08. The van der Waals surface area contributed by atoms with Gasteiger partial charge in [-0.2, -0.15) is 0 Å². The van der Waals surface area contributed by atoms with Gasteiger partial charge in [0.2, 0.25) is 0 Å². The van der Waals surface area contributed by atoms with Crippen LogP contribution in [0.4, 0.5) is 5.69 Å². The summed E-state index contributed by atoms with van der Waals surface area (Å²) < 4.78 is 0. The van der Waals surface area contributed by atoms with Gasteiger partial charge in [-0.25, -0.2) is 4.79 Å². The summed E-state index contributed by atoms with van der Waals surface area (Å²) in [4.78, 5) is 11.3. The number of nitrogens with one attached hydrogen (secondary N) is 1. The Morgan fingerprint density at radius 2 is 1.70 bits per heavy atom. The molecule has 3 nitrogen and oxygen atoms in total. The lowest BCUT2D eigenvalue weighted by atomic mass is 10.0. The van der Waals surface area contributed by atoms with Gasteiger partial charge >= 0.3 is 5.97 Å². The van der Waals surface area contributed by atoms with Gasteiger partial charge in [-0.3, -0.25) is 0 Å². The molecule has 2 rings (SSSR count). The molecule has 1 atom stereocenters. The SMILES string of the molecule is Cc1ccccc1C(C)Nc1c(C)cccc1C(=O)O. The maximum Gasteiger partial charge on any atom is 0.337 e. The highest BCUT2D eigenvalue weighted by Crippen LogP contribution is 2.27. The molecule has 3 heteroatoms. The zero-order valence-corrected chi connectivity index (χ0v) is 12.0. The van der Waals surface area contributed by atoms with Gasteiger partial charge in [0.1, 0.15) is 0 Å². The number of carboxylic acid groups (broad SMARTS) is 1. The Bertz CT molecular complexity index is 635. The average Bonchev–Trinajstić information content (AvgIpc) is 2.41. The molecule has 2 N–H and O–H groups in total. The summed E-state index contributed by atoms with van der Waals surface area (Å²) in [6.07, 6.45) is 0. The zero-order chi connectivity index (χ0) is 14.7. The van der Waals surface area contributed by atoms with E-state index < -0.39 is 5.97 Å². The third kappa shape index (κ3) is 2.82. The van der Waals surface area contributed by atoms with Crippen LogP contribution >= 0.6 is 0 Å². The first kappa shape index (κ1) is 14.1. The number of hydrogen-bond acceptors (Lipinski definition) is 2. The fourth-order valence-electron chi connectivity index (χ4n) is 2.40. The molecule has 0 amide bonds. The van der Waals surface area contributed by atoms with Gasteiger partial charge in [0.25, 0.3) is 0 Å². The van der Waals surface area contributed by atoms with E-state index >= 15 is 0 Å². The fraction of sp³-hybridized carbons (Fsp3) is 0.235. The Labute approximate surface area is 119 Å². The van der Waals surface area contributed by atoms with Gasteiger partial charge in [-0.1, -0.05) is 36.4 Å². The highest BCUT2D eigenvalue weighted by Gasteiger charge is 2.15. The van der Waals surface area contributed by atoms with Crippen LogP contribution in [0.3, 0.4) is 0 Å². The van der Waals surface area contributed by atoms with Gasteiger partial charge in [0.15, 0.2) is 0 Å². The molecule has 0 aliphatic carbocycles. The van der Waals surface area contributed by atoms with Crippen LogP contribution in [-0.2, 0) is 0 Å². The van der Waals surface area contributed by atoms with E-state index in [2.05, 4.69) is 24.4 Å². The van der Waals surface area contributed by atoms with E-state index in [0.717, 1.165) is 5.56 Å². The lowest BCUT2D eigenvalue weighted by Gasteiger charge is -2.20. The summed E-state index contributed by atoms with van der Waals surface area (Å²) in [5.41, 5.74) is 4.30. The largest absolute Gasteiger partial charge is 0.478 e. The van der Waals surface area contributed by atoms with Crippen molar-refractivity contribution >= 4 is 11.7 Å². The molecular formula is C17H19NO2. The van der Waals surface area contributed by atoms with Gasteiger partial charge in [0.05, 0.1) is 11.3 Å². The molecule has 0 spiro atoms. The normalized spacial score (nSPS) is 11.9. The predicted octanol–water partition coefficient (Wildman–Crippen LogP) is 4.17. The first-order chi connectivity index (χ1) is 9.50. The molecule has 1 unspecified atom stereocenters. The van der Waals surface area contributed by atoms with Gasteiger partial charge in [-0.05, 0) is 43.5 Å². The van der Waals surface area contributed by atoms with E-state index in [0.29, 0.717) is 11.3 Å². The second-order valence-corrected chi connectivity index (χ2v) is 5.03. The number of carbonyl (C=O) groups is 1. The number of hydrogen-bond donors (Lipinski definition) is 2. The summed E-state index contributed by atoms with van der Waals surface area (Å²) >= 11 is 0. The number of rotatable bonds is 4. The third-order valence-corrected chi connectivity index (χ3v) is 3.52. The average molecular weight is 269 g/mol. The van der Waals surface area contributed by atoms with Crippen LogP contribution in [0.2, 0.25) is 0 Å². The van der Waals surface area contributed by atoms with Crippen LogP contribution in [0.1, 0.15) is 40.0 Å². The number of anilines is 1. The summed E-state index contributed by atoms with van der Waals surface area (Å²) in [6, 6.07) is 13.5. The number of benzene rings is 2. The molecule has 0 fully saturated rings. The molecule has 0 aliphatic heterocycles. The van der Waals surface area contributed by atoms with Crippen molar-refractivity contribution < 1.29 is 9.90 Å². The molecule has 2 aromatic carbocycles. The summed E-state index contributed by atoms with van der Waals surface area (Å²) in [5, 5.41) is 12.6. The van der Waals surface area contributed by atoms with Crippen molar-refractivity contribution in [3.63, 3.8) is 0 Å². The van der Waals surface area contributed by atoms with Crippen LogP contribution in [0.5, 0.6) is 0 Å². The molecule has 2 aromatic rings. The summed E-state index contributed by atoms with van der Waals surface area (Å²) in [7, 11) is 0. The summed E-state index contributed by atoms with van der Waals surface area (Å²) in [5.74, 6) is -0.909. The van der Waals surface area contributed by atoms with Crippen LogP contribution in [0.25, 0.3) is 0 Å². The van der Waals surface area contributed by atoms with E-state index in [9.17, 15) is 9.90 Å². The number of aromatic carboxylic acids is 1. The highest BCUT2D eigenvalue weighted by atomic mass is 16.4. The molecule has 0 aromatic heterocycles. The molecule has 0 saturated heterocycles. The second kappa shape index (κ2) is 5.78. The molecule has 0 aliphatic rings. The number of carboxylic acids is 1. The highest BCUT2D eigenvalue weighted by molar-refractivity contribution is 5.95. The molecule has 0 heterocycles. The number of para-hydroxylation sites is 1. The lowest BCUT2D eigenvalue weighted by molar-refractivity contribution is 0.0698. The Morgan fingerprint density at radius 1 is 1.05 bits per heavy atom. The van der Waals surface area contributed by atoms with Gasteiger partial charge < -0.3 is 10.4 Å². The van der Waals surface area contributed by atoms with E-state index in [4.69, 9.17) is 0 Å². The second-order valence-electron chi connectivity index (χ2n) is 5.03. The quantitative estimate of drug-likeness (QED) is 0.875. The van der Waals surface area contributed by atoms with Crippen molar-refractivity contribution in [3.8, 4) is 0 Å². The maximum atomic E-state index is 11.3. The van der Waals surface area contributed by atoms with Crippen molar-refractivity contribution in [1.82, 2.24) is 0 Å². The Morgan fingerprint density at radius 3 is 2.35 bits per heavy atom. The maximum absolute atomic E-state index is 11.3. The van der Waals surface area contributed by atoms with Gasteiger partial charge in [0, 0.05) is 6.04 Å². The minimum atomic E-state index is -0.909. The molecule has 0 saturated carbocycles. The topological polar surface area (TPSA) is 49.3 Å². The van der Waals surface area contributed by atoms with E-state index in [1.165, 1.54) is 11.1 Å². The fourth-order valence-corrected chi connectivity index (χ4v) is 2.40. The van der Waals surface area contributed by atoms with Crippen LogP contribution in [0, 0.1) is 13.8 Å². The van der Waals surface area contributed by atoms with Gasteiger partial charge in [-0.15, -0.1) is 0 Å². The van der Waals surface area contributed by atoms with E-state index in [1.54, 1.807) is 12.1 Å². The standard InChI is InChI=1S/C17H19NO2/c1-11-7-4-5-9-14(11)13(3)18-16-12(2)8-6-10-15(16)17(19)20/h4-10,13,18H,1-3H3,(H,19,20). The van der Waals surface area contributed by atoms with Crippen LogP contribution < -0.4 is 5.32 Å². The molecule has 104 valence electrons. The van der Waals surface area contributed by atoms with Crippen molar-refractivity contribution in [2.75, 3.05) is 5.32 Å². The number of aryl methyl sites for hydroxylation is 2. The Balaban J connectivity index is 2.35. The van der Waals surface area contributed by atoms with Crippen molar-refractivity contribution in [2.24, 2.45) is 0 Å². The summed E-state index contributed by atoms with van der Waals surface area (Å²) in [6.45, 7) is 6.02. The van der Waals surface area contributed by atoms with E-state index in [-0.39, 0.29) is 6.04 Å². The van der Waals surface area contributed by atoms with Crippen LogP contribution in [-0.4, -0.2) is 11.1 Å². The molecule has 0 bridgehead atoms. The molecular weight excluding hydrogens is 250 g/mol. The van der Waals surface area contributed by atoms with Crippen LogP contribution in [0.15, 0.2) is 42.5 Å². The van der Waals surface area contributed by atoms with Crippen molar-refractivity contribution in [1.29, 1.82) is 0 Å². The predicted molar refractivity (Wildman–Crippen MR) is 81.4 cm³/mol. The first-order valence-corrected chi connectivity index (χ1v) is 6.65. The molecule has 0 radical (unpaired) electrons. The van der Waals surface area contributed by atoms with E-state index in [1.807, 2.05) is 32.0 Å². The third-order valence-electron chi connectivity index (χ3n) is 3.52. The van der Waals surface area contributed by atoms with Crippen molar-refractivity contribution in [3.05, 3.63) is 64.7 Å². The minimum absolute atomic E-state index is 0.0513.